The van der Waals surface area contributed by atoms with Gasteiger partial charge in [-0.15, -0.1) is 0 Å². The molecule has 1 heterocycles. The van der Waals surface area contributed by atoms with Gasteiger partial charge in [-0.2, -0.15) is 0 Å². The summed E-state index contributed by atoms with van der Waals surface area (Å²) in [6, 6.07) is 19.0. The van der Waals surface area contributed by atoms with E-state index < -0.39 is 5.91 Å². The van der Waals surface area contributed by atoms with Gasteiger partial charge in [0.2, 0.25) is 5.91 Å². The van der Waals surface area contributed by atoms with Gasteiger partial charge in [0.25, 0.3) is 0 Å². The number of fused-ring (bicyclic) bond motifs is 3. The number of primary amides is 1. The van der Waals surface area contributed by atoms with Gasteiger partial charge in [-0.05, 0) is 35.9 Å². The predicted octanol–water partition coefficient (Wildman–Crippen LogP) is 4.64. The number of nitrogens with zero attached hydrogens (tertiary/aromatic N) is 1. The Morgan fingerprint density at radius 3 is 2.72 bits per heavy atom. The Kier molecular flexibility index (Phi) is 3.81. The van der Waals surface area contributed by atoms with Crippen molar-refractivity contribution >= 4 is 43.6 Å². The van der Waals surface area contributed by atoms with Crippen LogP contribution >= 0.6 is 15.9 Å². The number of hydrogen-bond donors (Lipinski definition) is 1. The summed E-state index contributed by atoms with van der Waals surface area (Å²) >= 11 is 3.54. The highest BCUT2D eigenvalue weighted by Crippen LogP contribution is 2.34. The molecule has 0 unspecified atom stereocenters. The standard InChI is InChI=1S/C20H13BrFN2O/c21-15-8-2-1-5-12(15)11-24-17-10-4-7-14(20(23)25)18(17)13-6-3-9-16(22)19(13)24/h1-5,7-10H,11H2,(H2,23,25). The fourth-order valence-corrected chi connectivity index (χ4v) is 3.64. The summed E-state index contributed by atoms with van der Waals surface area (Å²) in [6.07, 6.45) is 0. The van der Waals surface area contributed by atoms with Crippen molar-refractivity contribution in [3.8, 4) is 0 Å². The minimum absolute atomic E-state index is 0.354. The minimum Gasteiger partial charge on any atom is -0.366 e. The fourth-order valence-electron chi connectivity index (χ4n) is 3.23. The highest BCUT2D eigenvalue weighted by Gasteiger charge is 2.19. The van der Waals surface area contributed by atoms with E-state index in [1.54, 1.807) is 12.1 Å². The molecule has 0 saturated carbocycles. The van der Waals surface area contributed by atoms with Gasteiger partial charge in [-0.25, -0.2) is 4.39 Å². The van der Waals surface area contributed by atoms with Crippen molar-refractivity contribution in [2.24, 2.45) is 5.73 Å². The highest BCUT2D eigenvalue weighted by atomic mass is 79.9. The molecule has 3 aromatic carbocycles. The van der Waals surface area contributed by atoms with Crippen LogP contribution < -0.4 is 5.73 Å². The van der Waals surface area contributed by atoms with Crippen LogP contribution in [0.25, 0.3) is 21.8 Å². The SMILES string of the molecule is NC(=O)c1cccc2c1c1[c]ccc(F)c1n2Cc1ccccc1Br. The van der Waals surface area contributed by atoms with E-state index in [0.29, 0.717) is 28.4 Å². The molecule has 123 valence electrons. The zero-order valence-corrected chi connectivity index (χ0v) is 14.7. The Bertz CT molecular complexity index is 1130. The first-order valence-electron chi connectivity index (χ1n) is 7.72. The van der Waals surface area contributed by atoms with Gasteiger partial charge in [0.15, 0.2) is 0 Å². The van der Waals surface area contributed by atoms with Crippen LogP contribution in [0.5, 0.6) is 0 Å². The molecule has 2 N–H and O–H groups in total. The van der Waals surface area contributed by atoms with E-state index in [-0.39, 0.29) is 5.82 Å². The van der Waals surface area contributed by atoms with Gasteiger partial charge < -0.3 is 10.3 Å². The molecule has 0 saturated heterocycles. The molecule has 0 aliphatic carbocycles. The molecule has 0 aliphatic rings. The Labute approximate surface area is 152 Å². The van der Waals surface area contributed by atoms with E-state index in [2.05, 4.69) is 22.0 Å². The quantitative estimate of drug-likeness (QED) is 0.539. The van der Waals surface area contributed by atoms with Crippen molar-refractivity contribution < 1.29 is 9.18 Å². The summed E-state index contributed by atoms with van der Waals surface area (Å²) in [7, 11) is 0. The lowest BCUT2D eigenvalue weighted by Gasteiger charge is -2.10. The van der Waals surface area contributed by atoms with Gasteiger partial charge in [-0.3, -0.25) is 4.79 Å². The Balaban J connectivity index is 2.10. The first-order chi connectivity index (χ1) is 12.1. The van der Waals surface area contributed by atoms with Crippen LogP contribution in [0.15, 0.2) is 59.1 Å². The van der Waals surface area contributed by atoms with Crippen molar-refractivity contribution in [2.45, 2.75) is 6.54 Å². The topological polar surface area (TPSA) is 48.0 Å². The van der Waals surface area contributed by atoms with Gasteiger partial charge in [0.1, 0.15) is 5.82 Å². The van der Waals surface area contributed by atoms with Crippen molar-refractivity contribution in [3.05, 3.63) is 82.1 Å². The molecule has 0 spiro atoms. The second-order valence-electron chi connectivity index (χ2n) is 5.79. The third-order valence-corrected chi connectivity index (χ3v) is 5.10. The van der Waals surface area contributed by atoms with Crippen LogP contribution in [0.3, 0.4) is 0 Å². The summed E-state index contributed by atoms with van der Waals surface area (Å²) in [5.74, 6) is -0.893. The Hall–Kier alpha value is -2.66. The lowest BCUT2D eigenvalue weighted by molar-refractivity contribution is 0.100. The van der Waals surface area contributed by atoms with Crippen molar-refractivity contribution in [1.29, 1.82) is 0 Å². The molecule has 4 aromatic rings. The molecule has 3 nitrogen and oxygen atoms in total. The maximum atomic E-state index is 14.7. The van der Waals surface area contributed by atoms with Gasteiger partial charge >= 0.3 is 0 Å². The normalized spacial score (nSPS) is 11.3. The average molecular weight is 396 g/mol. The van der Waals surface area contributed by atoms with E-state index in [1.165, 1.54) is 12.1 Å². The van der Waals surface area contributed by atoms with Gasteiger partial charge in [0, 0.05) is 27.4 Å². The number of nitrogens with two attached hydrogens (primary N) is 1. The molecular formula is C20H13BrFN2O. The molecule has 1 aromatic heterocycles. The molecule has 1 amide bonds. The number of halogens is 2. The second kappa shape index (κ2) is 6.01. The molecule has 0 fully saturated rings. The van der Waals surface area contributed by atoms with E-state index in [9.17, 15) is 9.18 Å². The summed E-state index contributed by atoms with van der Waals surface area (Å²) in [5.41, 5.74) is 8.08. The van der Waals surface area contributed by atoms with Crippen LogP contribution in [0.1, 0.15) is 15.9 Å². The predicted molar refractivity (Wildman–Crippen MR) is 100.0 cm³/mol. The van der Waals surface area contributed by atoms with Crippen molar-refractivity contribution in [2.75, 3.05) is 0 Å². The van der Waals surface area contributed by atoms with E-state index >= 15 is 0 Å². The third kappa shape index (κ3) is 2.51. The number of carbonyl (C=O) groups is 1. The smallest absolute Gasteiger partial charge is 0.249 e. The van der Waals surface area contributed by atoms with Gasteiger partial charge in [-0.1, -0.05) is 46.3 Å². The molecule has 1 radical (unpaired) electrons. The van der Waals surface area contributed by atoms with Crippen LogP contribution in [-0.4, -0.2) is 10.5 Å². The lowest BCUT2D eigenvalue weighted by Crippen LogP contribution is -2.11. The van der Waals surface area contributed by atoms with Crippen molar-refractivity contribution in [3.63, 3.8) is 0 Å². The number of rotatable bonds is 3. The number of aromatic nitrogens is 1. The molecule has 0 bridgehead atoms. The van der Waals surface area contributed by atoms with E-state index in [1.807, 2.05) is 34.9 Å². The number of hydrogen-bond acceptors (Lipinski definition) is 1. The molecular weight excluding hydrogens is 383 g/mol. The van der Waals surface area contributed by atoms with Crippen LogP contribution in [0.2, 0.25) is 0 Å². The summed E-state index contributed by atoms with van der Waals surface area (Å²) in [5, 5.41) is 1.20. The highest BCUT2D eigenvalue weighted by molar-refractivity contribution is 9.10. The zero-order valence-electron chi connectivity index (χ0n) is 13.1. The first kappa shape index (κ1) is 15.8. The molecule has 25 heavy (non-hydrogen) atoms. The monoisotopic (exact) mass is 395 g/mol. The number of amides is 1. The average Bonchev–Trinajstić information content (AvgIpc) is 2.92. The van der Waals surface area contributed by atoms with E-state index in [0.717, 1.165) is 15.6 Å². The van der Waals surface area contributed by atoms with Gasteiger partial charge in [0.05, 0.1) is 11.0 Å². The molecule has 4 rings (SSSR count). The van der Waals surface area contributed by atoms with Crippen LogP contribution in [0.4, 0.5) is 4.39 Å². The first-order valence-corrected chi connectivity index (χ1v) is 8.51. The summed E-state index contributed by atoms with van der Waals surface area (Å²) in [4.78, 5) is 11.9. The summed E-state index contributed by atoms with van der Waals surface area (Å²) < 4.78 is 17.5. The fraction of sp³-hybridized carbons (Fsp3) is 0.0500. The number of carbonyl (C=O) groups excluding carboxylic acids is 1. The maximum Gasteiger partial charge on any atom is 0.249 e. The Morgan fingerprint density at radius 1 is 1.16 bits per heavy atom. The molecule has 5 heteroatoms. The largest absolute Gasteiger partial charge is 0.366 e. The number of benzene rings is 3. The zero-order chi connectivity index (χ0) is 17.6. The second-order valence-corrected chi connectivity index (χ2v) is 6.65. The van der Waals surface area contributed by atoms with Crippen LogP contribution in [-0.2, 0) is 6.54 Å². The molecule has 0 aliphatic heterocycles. The van der Waals surface area contributed by atoms with Crippen LogP contribution in [0, 0.1) is 11.9 Å². The van der Waals surface area contributed by atoms with E-state index in [4.69, 9.17) is 5.73 Å². The maximum absolute atomic E-state index is 14.7. The minimum atomic E-state index is -0.539. The Morgan fingerprint density at radius 2 is 1.96 bits per heavy atom. The molecule has 0 atom stereocenters. The summed E-state index contributed by atoms with van der Waals surface area (Å²) in [6.45, 7) is 0.457. The van der Waals surface area contributed by atoms with Crippen molar-refractivity contribution in [1.82, 2.24) is 4.57 Å². The third-order valence-electron chi connectivity index (χ3n) is 4.33. The lowest BCUT2D eigenvalue weighted by atomic mass is 10.1.